The van der Waals surface area contributed by atoms with Gasteiger partial charge in [0.05, 0.1) is 0 Å². The van der Waals surface area contributed by atoms with Crippen molar-refractivity contribution in [3.63, 3.8) is 0 Å². The van der Waals surface area contributed by atoms with Gasteiger partial charge in [0.1, 0.15) is 5.82 Å². The second kappa shape index (κ2) is 2.56. The van der Waals surface area contributed by atoms with Crippen molar-refractivity contribution in [3.05, 3.63) is 35.6 Å². The number of rotatable bonds is 1. The van der Waals surface area contributed by atoms with E-state index < -0.39 is 0 Å². The number of nitrogens with two attached hydrogens (primary N) is 1. The highest BCUT2D eigenvalue weighted by atomic mass is 19.1. The molecule has 2 rings (SSSR count). The lowest BCUT2D eigenvalue weighted by molar-refractivity contribution is 0.253. The summed E-state index contributed by atoms with van der Waals surface area (Å²) in [6, 6.07) is 6.52. The summed E-state index contributed by atoms with van der Waals surface area (Å²) in [6.45, 7) is 0. The van der Waals surface area contributed by atoms with Gasteiger partial charge in [-0.25, -0.2) is 4.39 Å². The molecular weight excluding hydrogens is 153 g/mol. The minimum absolute atomic E-state index is 0.159. The summed E-state index contributed by atoms with van der Waals surface area (Å²) < 4.78 is 12.6. The first kappa shape index (κ1) is 7.74. The van der Waals surface area contributed by atoms with Crippen LogP contribution in [0.25, 0.3) is 0 Å². The van der Waals surface area contributed by atoms with Crippen molar-refractivity contribution in [3.8, 4) is 0 Å². The van der Waals surface area contributed by atoms with Gasteiger partial charge in [-0.3, -0.25) is 0 Å². The maximum atomic E-state index is 12.6. The summed E-state index contributed by atoms with van der Waals surface area (Å²) in [6.07, 6.45) is 3.24. The van der Waals surface area contributed by atoms with E-state index >= 15 is 0 Å². The normalized spacial score (nSPS) is 20.2. The predicted molar refractivity (Wildman–Crippen MR) is 46.1 cm³/mol. The van der Waals surface area contributed by atoms with Gasteiger partial charge in [0.25, 0.3) is 0 Å². The zero-order chi connectivity index (χ0) is 8.60. The summed E-state index contributed by atoms with van der Waals surface area (Å²) in [5.41, 5.74) is 6.96. The molecule has 0 saturated heterocycles. The average Bonchev–Trinajstić information content (AvgIpc) is 2.02. The fourth-order valence-electron chi connectivity index (χ4n) is 1.63. The van der Waals surface area contributed by atoms with E-state index in [2.05, 4.69) is 0 Å². The molecular formula is C10H12FN. The molecule has 1 aliphatic carbocycles. The maximum Gasteiger partial charge on any atom is 0.123 e. The third-order valence-electron chi connectivity index (χ3n) is 2.66. The molecule has 2 N–H and O–H groups in total. The molecule has 0 atom stereocenters. The third kappa shape index (κ3) is 1.12. The monoisotopic (exact) mass is 165 g/mol. The van der Waals surface area contributed by atoms with Crippen molar-refractivity contribution >= 4 is 0 Å². The molecule has 1 aliphatic rings. The summed E-state index contributed by atoms with van der Waals surface area (Å²) in [5.74, 6) is -0.193. The molecule has 0 aliphatic heterocycles. The molecule has 1 nitrogen and oxygen atoms in total. The first-order valence-corrected chi connectivity index (χ1v) is 4.26. The van der Waals surface area contributed by atoms with E-state index in [1.165, 1.54) is 18.6 Å². The Balaban J connectivity index is 2.28. The van der Waals surface area contributed by atoms with E-state index in [0.717, 1.165) is 18.4 Å². The second-order valence-electron chi connectivity index (χ2n) is 3.52. The fraction of sp³-hybridized carbons (Fsp3) is 0.400. The van der Waals surface area contributed by atoms with E-state index in [0.29, 0.717) is 0 Å². The minimum atomic E-state index is -0.193. The van der Waals surface area contributed by atoms with E-state index in [-0.39, 0.29) is 11.4 Å². The lowest BCUT2D eigenvalue weighted by Gasteiger charge is -2.38. The van der Waals surface area contributed by atoms with Gasteiger partial charge in [-0.1, -0.05) is 12.1 Å². The van der Waals surface area contributed by atoms with E-state index in [4.69, 9.17) is 5.73 Å². The van der Waals surface area contributed by atoms with Gasteiger partial charge in [0.2, 0.25) is 0 Å². The molecule has 1 fully saturated rings. The molecule has 1 aromatic rings. The smallest absolute Gasteiger partial charge is 0.123 e. The first-order valence-electron chi connectivity index (χ1n) is 4.26. The Labute approximate surface area is 71.4 Å². The van der Waals surface area contributed by atoms with Crippen LogP contribution in [0.5, 0.6) is 0 Å². The number of halogens is 1. The number of hydrogen-bond acceptors (Lipinski definition) is 1. The second-order valence-corrected chi connectivity index (χ2v) is 3.52. The van der Waals surface area contributed by atoms with Crippen LogP contribution < -0.4 is 5.73 Å². The van der Waals surface area contributed by atoms with Crippen LogP contribution in [0.2, 0.25) is 0 Å². The van der Waals surface area contributed by atoms with E-state index in [9.17, 15) is 4.39 Å². The molecule has 0 bridgehead atoms. The molecule has 1 aromatic carbocycles. The lowest BCUT2D eigenvalue weighted by atomic mass is 9.73. The quantitative estimate of drug-likeness (QED) is 0.678. The highest BCUT2D eigenvalue weighted by Crippen LogP contribution is 2.38. The topological polar surface area (TPSA) is 26.0 Å². The highest BCUT2D eigenvalue weighted by Gasteiger charge is 2.33. The standard InChI is InChI=1S/C10H12FN/c11-9-4-2-8(3-5-9)10(12)6-1-7-10/h2-5H,1,6-7,12H2. The molecule has 64 valence electrons. The summed E-state index contributed by atoms with van der Waals surface area (Å²) in [7, 11) is 0. The Bertz CT molecular complexity index is 274. The lowest BCUT2D eigenvalue weighted by Crippen LogP contribution is -2.43. The van der Waals surface area contributed by atoms with Crippen LogP contribution >= 0.6 is 0 Å². The first-order chi connectivity index (χ1) is 5.71. The zero-order valence-electron chi connectivity index (χ0n) is 6.89. The minimum Gasteiger partial charge on any atom is -0.321 e. The molecule has 0 aromatic heterocycles. The van der Waals surface area contributed by atoms with Gasteiger partial charge in [0, 0.05) is 5.54 Å². The number of hydrogen-bond donors (Lipinski definition) is 1. The van der Waals surface area contributed by atoms with Gasteiger partial charge in [-0.05, 0) is 37.0 Å². The Kier molecular flexibility index (Phi) is 1.65. The summed E-state index contributed by atoms with van der Waals surface area (Å²) >= 11 is 0. The Morgan fingerprint density at radius 3 is 2.17 bits per heavy atom. The zero-order valence-corrected chi connectivity index (χ0v) is 6.89. The van der Waals surface area contributed by atoms with Crippen LogP contribution in [0.15, 0.2) is 24.3 Å². The van der Waals surface area contributed by atoms with E-state index in [1.54, 1.807) is 12.1 Å². The third-order valence-corrected chi connectivity index (χ3v) is 2.66. The van der Waals surface area contributed by atoms with Gasteiger partial charge in [-0.15, -0.1) is 0 Å². The van der Waals surface area contributed by atoms with Gasteiger partial charge >= 0.3 is 0 Å². The molecule has 1 saturated carbocycles. The van der Waals surface area contributed by atoms with Crippen molar-refractivity contribution in [2.24, 2.45) is 5.73 Å². The van der Waals surface area contributed by atoms with Gasteiger partial charge < -0.3 is 5.73 Å². The molecule has 0 amide bonds. The number of benzene rings is 1. The van der Waals surface area contributed by atoms with Crippen LogP contribution in [0.4, 0.5) is 4.39 Å². The Morgan fingerprint density at radius 1 is 1.17 bits per heavy atom. The average molecular weight is 165 g/mol. The summed E-state index contributed by atoms with van der Waals surface area (Å²) in [5, 5.41) is 0. The van der Waals surface area contributed by atoms with Crippen LogP contribution in [0.1, 0.15) is 24.8 Å². The van der Waals surface area contributed by atoms with Gasteiger partial charge in [0.15, 0.2) is 0 Å². The fourth-order valence-corrected chi connectivity index (χ4v) is 1.63. The Morgan fingerprint density at radius 2 is 1.75 bits per heavy atom. The van der Waals surface area contributed by atoms with Crippen molar-refractivity contribution in [1.29, 1.82) is 0 Å². The van der Waals surface area contributed by atoms with Gasteiger partial charge in [-0.2, -0.15) is 0 Å². The van der Waals surface area contributed by atoms with Crippen LogP contribution in [-0.4, -0.2) is 0 Å². The Hall–Kier alpha value is -0.890. The molecule has 0 heterocycles. The molecule has 12 heavy (non-hydrogen) atoms. The maximum absolute atomic E-state index is 12.6. The molecule has 0 spiro atoms. The molecule has 0 radical (unpaired) electrons. The van der Waals surface area contributed by atoms with Crippen molar-refractivity contribution < 1.29 is 4.39 Å². The van der Waals surface area contributed by atoms with Crippen LogP contribution in [0.3, 0.4) is 0 Å². The van der Waals surface area contributed by atoms with E-state index in [1.807, 2.05) is 0 Å². The molecule has 0 unspecified atom stereocenters. The van der Waals surface area contributed by atoms with Crippen molar-refractivity contribution in [2.45, 2.75) is 24.8 Å². The molecule has 2 heteroatoms. The SMILES string of the molecule is NC1(c2ccc(F)cc2)CCC1. The predicted octanol–water partition coefficient (Wildman–Crippen LogP) is 2.16. The van der Waals surface area contributed by atoms with Crippen LogP contribution in [0, 0.1) is 5.82 Å². The largest absolute Gasteiger partial charge is 0.321 e. The van der Waals surface area contributed by atoms with Crippen molar-refractivity contribution in [2.75, 3.05) is 0 Å². The summed E-state index contributed by atoms with van der Waals surface area (Å²) in [4.78, 5) is 0. The van der Waals surface area contributed by atoms with Crippen molar-refractivity contribution in [1.82, 2.24) is 0 Å². The highest BCUT2D eigenvalue weighted by molar-refractivity contribution is 5.26. The van der Waals surface area contributed by atoms with Crippen LogP contribution in [-0.2, 0) is 5.54 Å².